The van der Waals surface area contributed by atoms with Gasteiger partial charge in [0.25, 0.3) is 0 Å². The summed E-state index contributed by atoms with van der Waals surface area (Å²) in [5, 5.41) is 7.23. The fraction of sp³-hybridized carbons (Fsp3) is 0.385. The first-order valence-corrected chi connectivity index (χ1v) is 7.75. The number of imidazole rings is 1. The predicted octanol–water partition coefficient (Wildman–Crippen LogP) is 1.85. The maximum atomic E-state index is 11.6. The molecule has 0 saturated heterocycles. The highest BCUT2D eigenvalue weighted by Crippen LogP contribution is 2.20. The van der Waals surface area contributed by atoms with E-state index < -0.39 is 0 Å². The minimum atomic E-state index is -0.165. The van der Waals surface area contributed by atoms with Crippen LogP contribution in [0.5, 0.6) is 0 Å². The lowest BCUT2D eigenvalue weighted by atomic mass is 10.3. The van der Waals surface area contributed by atoms with Gasteiger partial charge >= 0.3 is 5.69 Å². The molecule has 3 heterocycles. The zero-order valence-corrected chi connectivity index (χ0v) is 12.7. The Bertz CT molecular complexity index is 818. The van der Waals surface area contributed by atoms with Gasteiger partial charge in [0.1, 0.15) is 5.82 Å². The molecule has 0 atom stereocenters. The van der Waals surface area contributed by atoms with Crippen LogP contribution < -0.4 is 5.69 Å². The fourth-order valence-corrected chi connectivity index (χ4v) is 2.96. The number of fused-ring (bicyclic) bond motifs is 1. The maximum absolute atomic E-state index is 11.6. The second-order valence-electron chi connectivity index (χ2n) is 4.76. The lowest BCUT2D eigenvalue weighted by Crippen LogP contribution is -2.17. The zero-order valence-electron chi connectivity index (χ0n) is 11.9. The molecule has 0 radical (unpaired) electrons. The Kier molecular flexibility index (Phi) is 3.78. The molecule has 7 nitrogen and oxygen atoms in total. The molecule has 0 aliphatic rings. The molecule has 0 spiro atoms. The van der Waals surface area contributed by atoms with Gasteiger partial charge in [-0.3, -0.25) is 4.57 Å². The third-order valence-corrected chi connectivity index (χ3v) is 4.15. The van der Waals surface area contributed by atoms with Gasteiger partial charge in [0.15, 0.2) is 10.8 Å². The molecule has 0 bridgehead atoms. The molecule has 0 fully saturated rings. The minimum absolute atomic E-state index is 0.165. The first-order chi connectivity index (χ1) is 10.2. The Balaban J connectivity index is 1.80. The summed E-state index contributed by atoms with van der Waals surface area (Å²) < 4.78 is 1.65. The van der Waals surface area contributed by atoms with Crippen LogP contribution in [0.3, 0.4) is 0 Å². The van der Waals surface area contributed by atoms with Gasteiger partial charge in [-0.2, -0.15) is 0 Å². The lowest BCUT2D eigenvalue weighted by molar-refractivity contribution is 0.603. The third-order valence-electron chi connectivity index (χ3n) is 3.16. The summed E-state index contributed by atoms with van der Waals surface area (Å²) in [5.74, 6) is 1.44. The van der Waals surface area contributed by atoms with Crippen LogP contribution in [0.2, 0.25) is 0 Å². The van der Waals surface area contributed by atoms with Gasteiger partial charge in [-0.15, -0.1) is 5.10 Å². The van der Waals surface area contributed by atoms with Crippen molar-refractivity contribution in [1.29, 1.82) is 0 Å². The van der Waals surface area contributed by atoms with E-state index in [1.807, 2.05) is 19.9 Å². The smallest absolute Gasteiger partial charge is 0.340 e. The Morgan fingerprint density at radius 2 is 2.29 bits per heavy atom. The van der Waals surface area contributed by atoms with E-state index >= 15 is 0 Å². The summed E-state index contributed by atoms with van der Waals surface area (Å²) in [6, 6.07) is 1.95. The highest BCUT2D eigenvalue weighted by Gasteiger charge is 2.11. The van der Waals surface area contributed by atoms with Gasteiger partial charge in [-0.05, 0) is 25.0 Å². The molecule has 0 aliphatic carbocycles. The van der Waals surface area contributed by atoms with Crippen molar-refractivity contribution in [3.63, 3.8) is 0 Å². The van der Waals surface area contributed by atoms with Crippen LogP contribution >= 0.6 is 11.8 Å². The molecule has 0 saturated carbocycles. The van der Waals surface area contributed by atoms with Crippen LogP contribution in [0.25, 0.3) is 11.2 Å². The molecule has 8 heteroatoms. The van der Waals surface area contributed by atoms with Gasteiger partial charge < -0.3 is 4.98 Å². The molecule has 110 valence electrons. The molecule has 2 N–H and O–H groups in total. The predicted molar refractivity (Wildman–Crippen MR) is 81.3 cm³/mol. The van der Waals surface area contributed by atoms with Crippen LogP contribution in [-0.4, -0.2) is 29.7 Å². The number of rotatable bonds is 5. The fourth-order valence-electron chi connectivity index (χ4n) is 2.12. The summed E-state index contributed by atoms with van der Waals surface area (Å²) in [6.07, 6.45) is 2.64. The number of nitrogens with one attached hydrogen (secondary N) is 2. The minimum Gasteiger partial charge on any atom is -0.340 e. The van der Waals surface area contributed by atoms with Crippen molar-refractivity contribution in [2.75, 3.05) is 0 Å². The molecule has 3 aromatic rings. The topological polar surface area (TPSA) is 92.2 Å². The summed E-state index contributed by atoms with van der Waals surface area (Å²) >= 11 is 1.48. The number of H-pyrrole nitrogens is 2. The standard InChI is InChI=1S/C13H16N6OS/c1-3-6-19-12(20)17-18-13(19)21-7-9-15-10-8(2)4-5-14-11(10)16-9/h4-5H,3,6-7H2,1-2H3,(H,17,20)(H,14,15,16). The van der Waals surface area contributed by atoms with Crippen molar-refractivity contribution in [3.8, 4) is 0 Å². The van der Waals surface area contributed by atoms with Crippen molar-refractivity contribution in [1.82, 2.24) is 29.7 Å². The lowest BCUT2D eigenvalue weighted by Gasteiger charge is -2.01. The van der Waals surface area contributed by atoms with Crippen LogP contribution in [0.1, 0.15) is 24.7 Å². The molecular weight excluding hydrogens is 288 g/mol. The van der Waals surface area contributed by atoms with E-state index in [2.05, 4.69) is 25.1 Å². The molecule has 0 aliphatic heterocycles. The third kappa shape index (κ3) is 2.71. The van der Waals surface area contributed by atoms with E-state index in [4.69, 9.17) is 0 Å². The summed E-state index contributed by atoms with van der Waals surface area (Å²) in [7, 11) is 0. The Hall–Kier alpha value is -2.09. The number of aromatic amines is 2. The van der Waals surface area contributed by atoms with E-state index in [1.165, 1.54) is 11.8 Å². The molecule has 0 unspecified atom stereocenters. The highest BCUT2D eigenvalue weighted by atomic mass is 32.2. The number of aryl methyl sites for hydroxylation is 1. The number of aromatic nitrogens is 6. The second-order valence-corrected chi connectivity index (χ2v) is 5.70. The van der Waals surface area contributed by atoms with Gasteiger partial charge in [-0.25, -0.2) is 19.9 Å². The van der Waals surface area contributed by atoms with Crippen molar-refractivity contribution < 1.29 is 0 Å². The van der Waals surface area contributed by atoms with E-state index in [1.54, 1.807) is 10.8 Å². The average Bonchev–Trinajstić information content (AvgIpc) is 3.03. The quantitative estimate of drug-likeness (QED) is 0.702. The largest absolute Gasteiger partial charge is 0.343 e. The Morgan fingerprint density at radius 3 is 3.05 bits per heavy atom. The second kappa shape index (κ2) is 5.72. The molecule has 0 aromatic carbocycles. The van der Waals surface area contributed by atoms with Crippen molar-refractivity contribution in [2.24, 2.45) is 0 Å². The normalized spacial score (nSPS) is 11.3. The Labute approximate surface area is 125 Å². The van der Waals surface area contributed by atoms with E-state index in [9.17, 15) is 4.79 Å². The molecule has 3 aromatic heterocycles. The SMILES string of the molecule is CCCn1c(SCc2nc3nccc(C)c3[nH]2)n[nH]c1=O. The number of hydrogen-bond acceptors (Lipinski definition) is 5. The number of pyridine rings is 1. The van der Waals surface area contributed by atoms with Crippen LogP contribution in [0.4, 0.5) is 0 Å². The highest BCUT2D eigenvalue weighted by molar-refractivity contribution is 7.98. The number of hydrogen-bond donors (Lipinski definition) is 2. The number of nitrogens with zero attached hydrogens (tertiary/aromatic N) is 4. The van der Waals surface area contributed by atoms with Gasteiger partial charge in [-0.1, -0.05) is 18.7 Å². The molecule has 0 amide bonds. The monoisotopic (exact) mass is 304 g/mol. The Morgan fingerprint density at radius 1 is 1.43 bits per heavy atom. The molecule has 3 rings (SSSR count). The number of thioether (sulfide) groups is 1. The van der Waals surface area contributed by atoms with Gasteiger partial charge in [0.05, 0.1) is 11.3 Å². The average molecular weight is 304 g/mol. The molecule has 21 heavy (non-hydrogen) atoms. The molecular formula is C13H16N6OS. The summed E-state index contributed by atoms with van der Waals surface area (Å²) in [5.41, 5.74) is 2.63. The van der Waals surface area contributed by atoms with Gasteiger partial charge in [0.2, 0.25) is 0 Å². The van der Waals surface area contributed by atoms with E-state index in [-0.39, 0.29) is 5.69 Å². The van der Waals surface area contributed by atoms with Crippen LogP contribution in [-0.2, 0) is 12.3 Å². The van der Waals surface area contributed by atoms with Crippen molar-refractivity contribution in [3.05, 3.63) is 34.1 Å². The maximum Gasteiger partial charge on any atom is 0.343 e. The summed E-state index contributed by atoms with van der Waals surface area (Å²) in [4.78, 5) is 23.6. The first kappa shape index (κ1) is 13.9. The van der Waals surface area contributed by atoms with Crippen LogP contribution in [0, 0.1) is 6.92 Å². The first-order valence-electron chi connectivity index (χ1n) is 6.77. The van der Waals surface area contributed by atoms with E-state index in [0.29, 0.717) is 17.5 Å². The van der Waals surface area contributed by atoms with Crippen molar-refractivity contribution >= 4 is 22.9 Å². The van der Waals surface area contributed by atoms with Crippen LogP contribution in [0.15, 0.2) is 22.2 Å². The zero-order chi connectivity index (χ0) is 14.8. The van der Waals surface area contributed by atoms with Crippen molar-refractivity contribution in [2.45, 2.75) is 37.7 Å². The van der Waals surface area contributed by atoms with E-state index in [0.717, 1.165) is 29.0 Å². The summed E-state index contributed by atoms with van der Waals surface area (Å²) in [6.45, 7) is 4.71. The van der Waals surface area contributed by atoms with Gasteiger partial charge in [0, 0.05) is 12.7 Å².